The summed E-state index contributed by atoms with van der Waals surface area (Å²) in [6, 6.07) is 10.4. The van der Waals surface area contributed by atoms with E-state index < -0.39 is 22.5 Å². The van der Waals surface area contributed by atoms with Crippen LogP contribution >= 0.6 is 39.1 Å². The molecule has 0 aliphatic rings. The van der Waals surface area contributed by atoms with Crippen molar-refractivity contribution in [3.63, 3.8) is 0 Å². The van der Waals surface area contributed by atoms with Gasteiger partial charge in [-0.1, -0.05) is 39.1 Å². The Morgan fingerprint density at radius 3 is 2.29 bits per heavy atom. The molecule has 0 atom stereocenters. The van der Waals surface area contributed by atoms with Crippen molar-refractivity contribution in [2.45, 2.75) is 4.90 Å². The van der Waals surface area contributed by atoms with Gasteiger partial charge in [-0.3, -0.25) is 14.5 Å². The molecule has 0 heterocycles. The Bertz CT molecular complexity index is 860. The average Bonchev–Trinajstić information content (AvgIpc) is 2.55. The number of hydrogen-bond donors (Lipinski definition) is 2. The second kappa shape index (κ2) is 7.71. The number of amides is 1. The first-order chi connectivity index (χ1) is 11.3. The molecule has 2 aromatic rings. The summed E-state index contributed by atoms with van der Waals surface area (Å²) in [5.41, 5.74) is 2.22. The highest BCUT2D eigenvalue weighted by Crippen LogP contribution is 2.29. The van der Waals surface area contributed by atoms with Crippen molar-refractivity contribution in [1.82, 2.24) is 5.43 Å². The predicted molar refractivity (Wildman–Crippen MR) is 97.5 cm³/mol. The van der Waals surface area contributed by atoms with Gasteiger partial charge in [-0.25, -0.2) is 14.3 Å². The number of nitrogens with one attached hydrogen (secondary N) is 1. The van der Waals surface area contributed by atoms with Crippen molar-refractivity contribution in [2.24, 2.45) is 5.84 Å². The molecule has 0 radical (unpaired) electrons. The van der Waals surface area contributed by atoms with E-state index in [1.165, 1.54) is 18.2 Å². The van der Waals surface area contributed by atoms with Crippen LogP contribution in [0.2, 0.25) is 10.0 Å². The largest absolute Gasteiger partial charge is 0.293 e. The van der Waals surface area contributed by atoms with Gasteiger partial charge < -0.3 is 0 Å². The van der Waals surface area contributed by atoms with Crippen molar-refractivity contribution in [2.75, 3.05) is 10.8 Å². The monoisotopic (exact) mass is 451 g/mol. The van der Waals surface area contributed by atoms with Crippen LogP contribution in [0, 0.1) is 0 Å². The topological polar surface area (TPSA) is 92.5 Å². The standard InChI is InChI=1S/C14H12BrCl2N3O3S/c15-9-1-3-10(4-2-9)20(8-14(21)19-18)24(22,23)11-5-6-12(16)13(17)7-11/h1-7H,8,18H2,(H,19,21). The van der Waals surface area contributed by atoms with Crippen LogP contribution in [0.25, 0.3) is 0 Å². The third-order valence-corrected chi connectivity index (χ3v) is 6.08. The number of sulfonamides is 1. The van der Waals surface area contributed by atoms with Gasteiger partial charge in [0.1, 0.15) is 6.54 Å². The van der Waals surface area contributed by atoms with Crippen molar-refractivity contribution < 1.29 is 13.2 Å². The van der Waals surface area contributed by atoms with Gasteiger partial charge >= 0.3 is 0 Å². The van der Waals surface area contributed by atoms with E-state index in [1.807, 2.05) is 5.43 Å². The Labute approximate surface area is 157 Å². The summed E-state index contributed by atoms with van der Waals surface area (Å²) in [6.45, 7) is -0.485. The average molecular weight is 453 g/mol. The number of hydrogen-bond acceptors (Lipinski definition) is 4. The number of nitrogens with two attached hydrogens (primary N) is 1. The molecule has 0 aliphatic carbocycles. The fourth-order valence-corrected chi connectivity index (χ4v) is 3.94. The van der Waals surface area contributed by atoms with Gasteiger partial charge in [-0.05, 0) is 42.5 Å². The number of carbonyl (C=O) groups excluding carboxylic acids is 1. The zero-order valence-corrected chi connectivity index (χ0v) is 16.0. The van der Waals surface area contributed by atoms with Gasteiger partial charge in [0.25, 0.3) is 15.9 Å². The van der Waals surface area contributed by atoms with Gasteiger partial charge in [0.2, 0.25) is 0 Å². The molecular formula is C14H12BrCl2N3O3S. The Morgan fingerprint density at radius 2 is 1.75 bits per heavy atom. The molecule has 0 spiro atoms. The number of hydrazine groups is 1. The zero-order valence-electron chi connectivity index (χ0n) is 12.0. The van der Waals surface area contributed by atoms with E-state index in [0.29, 0.717) is 5.69 Å². The van der Waals surface area contributed by atoms with Crippen LogP contribution in [0.15, 0.2) is 51.8 Å². The van der Waals surface area contributed by atoms with E-state index in [2.05, 4.69) is 15.9 Å². The zero-order chi connectivity index (χ0) is 17.9. The maximum Gasteiger partial charge on any atom is 0.264 e. The molecule has 0 fully saturated rings. The summed E-state index contributed by atoms with van der Waals surface area (Å²) >= 11 is 15.0. The summed E-state index contributed by atoms with van der Waals surface area (Å²) in [6.07, 6.45) is 0. The summed E-state index contributed by atoms with van der Waals surface area (Å²) in [7, 11) is -4.05. The van der Waals surface area contributed by atoms with Gasteiger partial charge in [0.15, 0.2) is 0 Å². The van der Waals surface area contributed by atoms with E-state index >= 15 is 0 Å². The molecule has 0 bridgehead atoms. The Balaban J connectivity index is 2.53. The van der Waals surface area contributed by atoms with E-state index in [-0.39, 0.29) is 14.9 Å². The minimum Gasteiger partial charge on any atom is -0.293 e. The number of halogens is 3. The Kier molecular flexibility index (Phi) is 6.11. The molecular weight excluding hydrogens is 441 g/mol. The highest BCUT2D eigenvalue weighted by Gasteiger charge is 2.27. The fraction of sp³-hybridized carbons (Fsp3) is 0.0714. The lowest BCUT2D eigenvalue weighted by molar-refractivity contribution is -0.119. The molecule has 1 amide bonds. The van der Waals surface area contributed by atoms with Crippen molar-refractivity contribution >= 4 is 60.7 Å². The third-order valence-electron chi connectivity index (χ3n) is 3.04. The Hall–Kier alpha value is -1.32. The van der Waals surface area contributed by atoms with Crippen molar-refractivity contribution in [3.05, 3.63) is 57.0 Å². The van der Waals surface area contributed by atoms with Crippen molar-refractivity contribution in [1.29, 1.82) is 0 Å². The quantitative estimate of drug-likeness (QED) is 0.414. The summed E-state index contributed by atoms with van der Waals surface area (Å²) in [4.78, 5) is 11.6. The number of carbonyl (C=O) groups is 1. The molecule has 6 nitrogen and oxygen atoms in total. The Morgan fingerprint density at radius 1 is 1.12 bits per heavy atom. The van der Waals surface area contributed by atoms with Crippen LogP contribution in [-0.4, -0.2) is 20.9 Å². The first kappa shape index (κ1) is 19.0. The first-order valence-electron chi connectivity index (χ1n) is 6.48. The molecule has 10 heteroatoms. The fourth-order valence-electron chi connectivity index (χ4n) is 1.86. The molecule has 2 rings (SSSR count). The van der Waals surface area contributed by atoms with Crippen LogP contribution < -0.4 is 15.6 Å². The lowest BCUT2D eigenvalue weighted by Crippen LogP contribution is -2.43. The summed E-state index contributed by atoms with van der Waals surface area (Å²) in [5, 5.41) is 0.322. The molecule has 0 saturated heterocycles. The van der Waals surface area contributed by atoms with E-state index in [4.69, 9.17) is 29.0 Å². The van der Waals surface area contributed by atoms with E-state index in [9.17, 15) is 13.2 Å². The molecule has 128 valence electrons. The van der Waals surface area contributed by atoms with E-state index in [0.717, 1.165) is 8.78 Å². The van der Waals surface area contributed by atoms with Crippen LogP contribution in [0.1, 0.15) is 0 Å². The maximum atomic E-state index is 12.9. The highest BCUT2D eigenvalue weighted by atomic mass is 79.9. The lowest BCUT2D eigenvalue weighted by atomic mass is 10.3. The number of benzene rings is 2. The number of nitrogens with zero attached hydrogens (tertiary/aromatic N) is 1. The second-order valence-corrected chi connectivity index (χ2v) is 8.22. The second-order valence-electron chi connectivity index (χ2n) is 4.63. The summed E-state index contributed by atoms with van der Waals surface area (Å²) in [5.74, 6) is 4.42. The van der Waals surface area contributed by atoms with Crippen LogP contribution in [0.4, 0.5) is 5.69 Å². The number of rotatable bonds is 5. The van der Waals surface area contributed by atoms with Gasteiger partial charge in [-0.2, -0.15) is 0 Å². The molecule has 0 unspecified atom stereocenters. The minimum atomic E-state index is -4.05. The predicted octanol–water partition coefficient (Wildman–Crippen LogP) is 2.94. The van der Waals surface area contributed by atoms with Crippen LogP contribution in [0.3, 0.4) is 0 Å². The smallest absolute Gasteiger partial charge is 0.264 e. The molecule has 3 N–H and O–H groups in total. The number of anilines is 1. The molecule has 0 saturated carbocycles. The maximum absolute atomic E-state index is 12.9. The van der Waals surface area contributed by atoms with E-state index in [1.54, 1.807) is 24.3 Å². The van der Waals surface area contributed by atoms with Gasteiger partial charge in [-0.15, -0.1) is 0 Å². The summed E-state index contributed by atoms with van der Waals surface area (Å²) < 4.78 is 27.5. The van der Waals surface area contributed by atoms with Gasteiger partial charge in [0.05, 0.1) is 20.6 Å². The molecule has 2 aromatic carbocycles. The normalized spacial score (nSPS) is 11.2. The molecule has 0 aliphatic heterocycles. The minimum absolute atomic E-state index is 0.0929. The van der Waals surface area contributed by atoms with Crippen molar-refractivity contribution in [3.8, 4) is 0 Å². The van der Waals surface area contributed by atoms with Crippen LogP contribution in [-0.2, 0) is 14.8 Å². The lowest BCUT2D eigenvalue weighted by Gasteiger charge is -2.24. The molecule has 0 aromatic heterocycles. The third kappa shape index (κ3) is 4.20. The molecule has 24 heavy (non-hydrogen) atoms. The van der Waals surface area contributed by atoms with Gasteiger partial charge in [0, 0.05) is 4.47 Å². The SMILES string of the molecule is NNC(=O)CN(c1ccc(Br)cc1)S(=O)(=O)c1ccc(Cl)c(Cl)c1. The first-order valence-corrected chi connectivity index (χ1v) is 9.47. The van der Waals surface area contributed by atoms with Crippen LogP contribution in [0.5, 0.6) is 0 Å². The highest BCUT2D eigenvalue weighted by molar-refractivity contribution is 9.10.